The van der Waals surface area contributed by atoms with E-state index in [1.54, 1.807) is 0 Å². The number of rotatable bonds is 4. The van der Waals surface area contributed by atoms with Gasteiger partial charge in [0.25, 0.3) is 0 Å². The highest BCUT2D eigenvalue weighted by Crippen LogP contribution is 2.38. The third-order valence-electron chi connectivity index (χ3n) is 5.34. The molecule has 0 N–H and O–H groups in total. The zero-order valence-electron chi connectivity index (χ0n) is 12.2. The lowest BCUT2D eigenvalue weighted by molar-refractivity contribution is -0.112. The minimum Gasteiger partial charge on any atom is -0.303 e. The standard InChI is InChI=1S/C17H30O/c1-13-9-14(2)11-17(10-13)8-5-15-3-6-16(12-18)7-4-15/h12-17H,3-11H2,1-2H3. The quantitative estimate of drug-likeness (QED) is 0.652. The van der Waals surface area contributed by atoms with Crippen LogP contribution in [0.2, 0.25) is 0 Å². The van der Waals surface area contributed by atoms with Crippen LogP contribution in [0.15, 0.2) is 0 Å². The monoisotopic (exact) mass is 250 g/mol. The summed E-state index contributed by atoms with van der Waals surface area (Å²) in [6.45, 7) is 4.86. The molecule has 1 heteroatoms. The van der Waals surface area contributed by atoms with Gasteiger partial charge < -0.3 is 4.79 Å². The summed E-state index contributed by atoms with van der Waals surface area (Å²) in [5.74, 6) is 4.20. The Balaban J connectivity index is 1.67. The molecule has 2 aliphatic carbocycles. The third-order valence-corrected chi connectivity index (χ3v) is 5.34. The summed E-state index contributed by atoms with van der Waals surface area (Å²) in [7, 11) is 0. The molecule has 0 aromatic carbocycles. The molecule has 2 fully saturated rings. The molecule has 0 bridgehead atoms. The number of hydrogen-bond donors (Lipinski definition) is 0. The summed E-state index contributed by atoms with van der Waals surface area (Å²) in [5, 5.41) is 0. The molecule has 0 radical (unpaired) electrons. The summed E-state index contributed by atoms with van der Waals surface area (Å²) >= 11 is 0. The lowest BCUT2D eigenvalue weighted by atomic mass is 9.73. The molecular weight excluding hydrogens is 220 g/mol. The van der Waals surface area contributed by atoms with E-state index >= 15 is 0 Å². The molecular formula is C17H30O. The van der Waals surface area contributed by atoms with Crippen LogP contribution in [0, 0.1) is 29.6 Å². The van der Waals surface area contributed by atoms with Crippen LogP contribution in [-0.2, 0) is 4.79 Å². The largest absolute Gasteiger partial charge is 0.303 e. The van der Waals surface area contributed by atoms with Crippen molar-refractivity contribution in [3.63, 3.8) is 0 Å². The van der Waals surface area contributed by atoms with Gasteiger partial charge in [-0.1, -0.05) is 26.7 Å². The highest BCUT2D eigenvalue weighted by atomic mass is 16.1. The molecule has 2 unspecified atom stereocenters. The van der Waals surface area contributed by atoms with Gasteiger partial charge >= 0.3 is 0 Å². The first-order valence-electron chi connectivity index (χ1n) is 8.12. The predicted molar refractivity (Wildman–Crippen MR) is 76.4 cm³/mol. The van der Waals surface area contributed by atoms with E-state index in [9.17, 15) is 4.79 Å². The summed E-state index contributed by atoms with van der Waals surface area (Å²) in [6.07, 6.45) is 13.4. The Labute approximate surface area is 113 Å². The van der Waals surface area contributed by atoms with Gasteiger partial charge in [0.05, 0.1) is 0 Å². The molecule has 2 rings (SSSR count). The highest BCUT2D eigenvalue weighted by molar-refractivity contribution is 5.53. The smallest absolute Gasteiger partial charge is 0.123 e. The van der Waals surface area contributed by atoms with Crippen LogP contribution in [0.1, 0.15) is 71.6 Å². The maximum Gasteiger partial charge on any atom is 0.123 e. The zero-order valence-corrected chi connectivity index (χ0v) is 12.2. The van der Waals surface area contributed by atoms with Gasteiger partial charge in [-0.2, -0.15) is 0 Å². The van der Waals surface area contributed by atoms with Crippen molar-refractivity contribution in [2.75, 3.05) is 0 Å². The molecule has 1 nitrogen and oxygen atoms in total. The van der Waals surface area contributed by atoms with Gasteiger partial charge in [0.1, 0.15) is 6.29 Å². The number of carbonyl (C=O) groups excluding carboxylic acids is 1. The summed E-state index contributed by atoms with van der Waals surface area (Å²) in [5.41, 5.74) is 0. The molecule has 2 aliphatic rings. The average molecular weight is 250 g/mol. The fraction of sp³-hybridized carbons (Fsp3) is 0.941. The normalized spacial score (nSPS) is 41.6. The van der Waals surface area contributed by atoms with Gasteiger partial charge in [0, 0.05) is 5.92 Å². The number of aldehydes is 1. The zero-order chi connectivity index (χ0) is 13.0. The van der Waals surface area contributed by atoms with Gasteiger partial charge in [-0.15, -0.1) is 0 Å². The van der Waals surface area contributed by atoms with Crippen molar-refractivity contribution in [3.8, 4) is 0 Å². The van der Waals surface area contributed by atoms with Crippen LogP contribution in [0.25, 0.3) is 0 Å². The minimum absolute atomic E-state index is 0.385. The fourth-order valence-corrected chi connectivity index (χ4v) is 4.43. The van der Waals surface area contributed by atoms with Gasteiger partial charge in [0.15, 0.2) is 0 Å². The lowest BCUT2D eigenvalue weighted by Crippen LogP contribution is -2.21. The maximum absolute atomic E-state index is 10.7. The summed E-state index contributed by atoms with van der Waals surface area (Å²) < 4.78 is 0. The maximum atomic E-state index is 10.7. The van der Waals surface area contributed by atoms with Gasteiger partial charge in [0.2, 0.25) is 0 Å². The van der Waals surface area contributed by atoms with Crippen molar-refractivity contribution in [1.82, 2.24) is 0 Å². The van der Waals surface area contributed by atoms with Crippen LogP contribution in [0.5, 0.6) is 0 Å². The van der Waals surface area contributed by atoms with Crippen LogP contribution in [-0.4, -0.2) is 6.29 Å². The molecule has 0 spiro atoms. The molecule has 2 saturated carbocycles. The highest BCUT2D eigenvalue weighted by Gasteiger charge is 2.26. The molecule has 0 aromatic heterocycles. The predicted octanol–water partition coefficient (Wildman–Crippen LogP) is 4.84. The fourth-order valence-electron chi connectivity index (χ4n) is 4.43. The molecule has 0 aliphatic heterocycles. The van der Waals surface area contributed by atoms with Gasteiger partial charge in [-0.05, 0) is 68.6 Å². The van der Waals surface area contributed by atoms with Crippen LogP contribution in [0.3, 0.4) is 0 Å². The van der Waals surface area contributed by atoms with E-state index in [1.807, 2.05) is 0 Å². The van der Waals surface area contributed by atoms with Crippen LogP contribution >= 0.6 is 0 Å². The van der Waals surface area contributed by atoms with Crippen molar-refractivity contribution in [2.45, 2.75) is 71.6 Å². The topological polar surface area (TPSA) is 17.1 Å². The van der Waals surface area contributed by atoms with E-state index in [2.05, 4.69) is 13.8 Å². The SMILES string of the molecule is CC1CC(C)CC(CCC2CCC(C=O)CC2)C1. The summed E-state index contributed by atoms with van der Waals surface area (Å²) in [4.78, 5) is 10.7. The Morgan fingerprint density at radius 3 is 1.94 bits per heavy atom. The van der Waals surface area contributed by atoms with E-state index in [-0.39, 0.29) is 0 Å². The van der Waals surface area contributed by atoms with Gasteiger partial charge in [-0.25, -0.2) is 0 Å². The Kier molecular flexibility index (Phi) is 5.26. The molecule has 104 valence electrons. The van der Waals surface area contributed by atoms with E-state index in [1.165, 1.54) is 51.2 Å². The van der Waals surface area contributed by atoms with E-state index < -0.39 is 0 Å². The number of hydrogen-bond acceptors (Lipinski definition) is 1. The van der Waals surface area contributed by atoms with Crippen LogP contribution < -0.4 is 0 Å². The molecule has 0 saturated heterocycles. The molecule has 2 atom stereocenters. The Hall–Kier alpha value is -0.330. The first-order valence-corrected chi connectivity index (χ1v) is 8.12. The van der Waals surface area contributed by atoms with Gasteiger partial charge in [-0.3, -0.25) is 0 Å². The Morgan fingerprint density at radius 1 is 0.833 bits per heavy atom. The Bertz CT molecular complexity index is 242. The second kappa shape index (κ2) is 6.73. The number of carbonyl (C=O) groups is 1. The average Bonchev–Trinajstić information content (AvgIpc) is 2.36. The van der Waals surface area contributed by atoms with Crippen molar-refractivity contribution in [1.29, 1.82) is 0 Å². The molecule has 18 heavy (non-hydrogen) atoms. The molecule has 0 amide bonds. The molecule has 0 heterocycles. The van der Waals surface area contributed by atoms with Crippen molar-refractivity contribution in [3.05, 3.63) is 0 Å². The van der Waals surface area contributed by atoms with E-state index in [0.29, 0.717) is 5.92 Å². The second-order valence-corrected chi connectivity index (χ2v) is 7.28. The van der Waals surface area contributed by atoms with Crippen molar-refractivity contribution in [2.24, 2.45) is 29.6 Å². The minimum atomic E-state index is 0.385. The lowest BCUT2D eigenvalue weighted by Gasteiger charge is -2.33. The van der Waals surface area contributed by atoms with Crippen molar-refractivity contribution >= 4 is 6.29 Å². The Morgan fingerprint density at radius 2 is 1.39 bits per heavy atom. The van der Waals surface area contributed by atoms with E-state index in [0.717, 1.165) is 36.5 Å². The van der Waals surface area contributed by atoms with Crippen LogP contribution in [0.4, 0.5) is 0 Å². The first kappa shape index (κ1) is 14.1. The van der Waals surface area contributed by atoms with Crippen molar-refractivity contribution < 1.29 is 4.79 Å². The summed E-state index contributed by atoms with van der Waals surface area (Å²) in [6, 6.07) is 0. The molecule has 0 aromatic rings. The third kappa shape index (κ3) is 4.10. The second-order valence-electron chi connectivity index (χ2n) is 7.28. The van der Waals surface area contributed by atoms with E-state index in [4.69, 9.17) is 0 Å². The first-order chi connectivity index (χ1) is 8.67.